The van der Waals surface area contributed by atoms with Crippen molar-refractivity contribution in [3.8, 4) is 0 Å². The molecular formula is C11H19N3. The molecule has 1 heterocycles. The molecule has 1 fully saturated rings. The molecule has 3 N–H and O–H groups in total. The van der Waals surface area contributed by atoms with Crippen molar-refractivity contribution >= 4 is 0 Å². The van der Waals surface area contributed by atoms with E-state index in [4.69, 9.17) is 5.73 Å². The van der Waals surface area contributed by atoms with Crippen LogP contribution in [0.4, 0.5) is 0 Å². The van der Waals surface area contributed by atoms with Crippen LogP contribution in [0.15, 0.2) is 0 Å². The molecule has 1 aliphatic carbocycles. The molecular weight excluding hydrogens is 174 g/mol. The lowest BCUT2D eigenvalue weighted by molar-refractivity contribution is 0.462. The molecule has 0 unspecified atom stereocenters. The summed E-state index contributed by atoms with van der Waals surface area (Å²) in [6.45, 7) is 4.90. The van der Waals surface area contributed by atoms with Crippen LogP contribution in [0, 0.1) is 6.92 Å². The van der Waals surface area contributed by atoms with Crippen molar-refractivity contribution in [3.05, 3.63) is 17.2 Å². The molecule has 1 saturated carbocycles. The highest BCUT2D eigenvalue weighted by atomic mass is 15.0. The summed E-state index contributed by atoms with van der Waals surface area (Å²) >= 11 is 0. The van der Waals surface area contributed by atoms with Gasteiger partial charge in [0, 0.05) is 17.7 Å². The molecule has 1 aromatic heterocycles. The average molecular weight is 193 g/mol. The van der Waals surface area contributed by atoms with Crippen LogP contribution in [0.3, 0.4) is 0 Å². The first-order valence-corrected chi connectivity index (χ1v) is 5.42. The molecule has 0 saturated heterocycles. The highest BCUT2D eigenvalue weighted by Gasteiger charge is 2.33. The Hall–Kier alpha value is -0.830. The molecule has 78 valence electrons. The molecule has 3 nitrogen and oxygen atoms in total. The van der Waals surface area contributed by atoms with Crippen LogP contribution >= 0.6 is 0 Å². The first-order valence-electron chi connectivity index (χ1n) is 5.42. The van der Waals surface area contributed by atoms with Gasteiger partial charge in [0.2, 0.25) is 0 Å². The summed E-state index contributed by atoms with van der Waals surface area (Å²) in [5.74, 6) is 1.15. The van der Waals surface area contributed by atoms with E-state index in [1.807, 2.05) is 0 Å². The minimum Gasteiger partial charge on any atom is -0.345 e. The summed E-state index contributed by atoms with van der Waals surface area (Å²) in [4.78, 5) is 7.99. The molecule has 14 heavy (non-hydrogen) atoms. The van der Waals surface area contributed by atoms with Crippen molar-refractivity contribution in [2.75, 3.05) is 0 Å². The fourth-order valence-electron chi connectivity index (χ4n) is 2.37. The number of aryl methyl sites for hydroxylation is 1. The molecule has 0 amide bonds. The Morgan fingerprint density at radius 2 is 2.07 bits per heavy atom. The highest BCUT2D eigenvalue weighted by Crippen LogP contribution is 2.39. The van der Waals surface area contributed by atoms with E-state index in [1.54, 1.807) is 0 Å². The predicted molar refractivity (Wildman–Crippen MR) is 57.0 cm³/mol. The Morgan fingerprint density at radius 3 is 2.57 bits per heavy atom. The van der Waals surface area contributed by atoms with Gasteiger partial charge in [0.25, 0.3) is 0 Å². The molecule has 2 rings (SSSR count). The van der Waals surface area contributed by atoms with Gasteiger partial charge in [-0.1, -0.05) is 19.8 Å². The zero-order valence-electron chi connectivity index (χ0n) is 9.06. The van der Waals surface area contributed by atoms with Crippen LogP contribution in [-0.2, 0) is 12.0 Å². The summed E-state index contributed by atoms with van der Waals surface area (Å²) in [5.41, 5.74) is 8.06. The zero-order chi connectivity index (χ0) is 10.2. The van der Waals surface area contributed by atoms with Gasteiger partial charge in [-0.05, 0) is 19.8 Å². The first-order chi connectivity index (χ1) is 6.65. The third-order valence-corrected chi connectivity index (χ3v) is 3.46. The van der Waals surface area contributed by atoms with E-state index >= 15 is 0 Å². The number of nitrogens with two attached hydrogens (primary N) is 1. The zero-order valence-corrected chi connectivity index (χ0v) is 9.06. The Bertz CT molecular complexity index is 321. The maximum atomic E-state index is 5.62. The third kappa shape index (κ3) is 1.46. The molecule has 0 radical (unpaired) electrons. The summed E-state index contributed by atoms with van der Waals surface area (Å²) in [6, 6.07) is 0. The number of hydrogen-bond donors (Lipinski definition) is 2. The first kappa shape index (κ1) is 9.71. The van der Waals surface area contributed by atoms with Crippen LogP contribution in [0.1, 0.15) is 49.8 Å². The van der Waals surface area contributed by atoms with Crippen molar-refractivity contribution < 1.29 is 0 Å². The smallest absolute Gasteiger partial charge is 0.112 e. The molecule has 1 aliphatic rings. The minimum atomic E-state index is 0.276. The molecule has 0 aliphatic heterocycles. The number of hydrogen-bond acceptors (Lipinski definition) is 2. The van der Waals surface area contributed by atoms with Gasteiger partial charge < -0.3 is 10.7 Å². The largest absolute Gasteiger partial charge is 0.345 e. The number of H-pyrrole nitrogens is 1. The molecule has 0 bridgehead atoms. The van der Waals surface area contributed by atoms with Gasteiger partial charge in [-0.25, -0.2) is 4.98 Å². The van der Waals surface area contributed by atoms with Gasteiger partial charge in [-0.2, -0.15) is 0 Å². The summed E-state index contributed by atoms with van der Waals surface area (Å²) in [5, 5.41) is 0. The van der Waals surface area contributed by atoms with E-state index < -0.39 is 0 Å². The lowest BCUT2D eigenvalue weighted by Crippen LogP contribution is -2.18. The Morgan fingerprint density at radius 1 is 1.43 bits per heavy atom. The van der Waals surface area contributed by atoms with Crippen LogP contribution in [0.25, 0.3) is 0 Å². The van der Waals surface area contributed by atoms with Gasteiger partial charge in [0.15, 0.2) is 0 Å². The molecule has 0 aromatic carbocycles. The number of nitrogens with one attached hydrogen (secondary N) is 1. The Labute approximate surface area is 85.1 Å². The van der Waals surface area contributed by atoms with Crippen molar-refractivity contribution in [2.45, 2.75) is 51.5 Å². The van der Waals surface area contributed by atoms with Crippen molar-refractivity contribution in [2.24, 2.45) is 5.73 Å². The maximum Gasteiger partial charge on any atom is 0.112 e. The second-order valence-corrected chi connectivity index (χ2v) is 4.63. The second-order valence-electron chi connectivity index (χ2n) is 4.63. The topological polar surface area (TPSA) is 54.7 Å². The summed E-state index contributed by atoms with van der Waals surface area (Å²) in [6.07, 6.45) is 5.16. The third-order valence-electron chi connectivity index (χ3n) is 3.46. The van der Waals surface area contributed by atoms with E-state index in [0.717, 1.165) is 17.2 Å². The lowest BCUT2D eigenvalue weighted by Gasteiger charge is -2.20. The van der Waals surface area contributed by atoms with Gasteiger partial charge in [-0.3, -0.25) is 0 Å². The fourth-order valence-corrected chi connectivity index (χ4v) is 2.37. The van der Waals surface area contributed by atoms with Gasteiger partial charge in [0.05, 0.1) is 5.69 Å². The normalized spacial score (nSPS) is 20.2. The van der Waals surface area contributed by atoms with Crippen LogP contribution < -0.4 is 5.73 Å². The molecule has 0 spiro atoms. The number of aromatic amines is 1. The second kappa shape index (κ2) is 3.39. The number of rotatable bonds is 2. The van der Waals surface area contributed by atoms with Crippen LogP contribution in [-0.4, -0.2) is 9.97 Å². The van der Waals surface area contributed by atoms with Crippen molar-refractivity contribution in [3.63, 3.8) is 0 Å². The monoisotopic (exact) mass is 193 g/mol. The van der Waals surface area contributed by atoms with Crippen LogP contribution in [0.2, 0.25) is 0 Å². The van der Waals surface area contributed by atoms with E-state index in [0.29, 0.717) is 6.54 Å². The number of nitrogens with zero attached hydrogens (tertiary/aromatic N) is 1. The number of imidazole rings is 1. The SMILES string of the molecule is Cc1[nH]c(C2(C)CCCC2)nc1CN. The summed E-state index contributed by atoms with van der Waals surface area (Å²) < 4.78 is 0. The highest BCUT2D eigenvalue weighted by molar-refractivity contribution is 5.19. The molecule has 3 heteroatoms. The fraction of sp³-hybridized carbons (Fsp3) is 0.727. The van der Waals surface area contributed by atoms with E-state index in [-0.39, 0.29) is 5.41 Å². The minimum absolute atomic E-state index is 0.276. The predicted octanol–water partition coefficient (Wildman–Crippen LogP) is 2.01. The Kier molecular flexibility index (Phi) is 2.35. The lowest BCUT2D eigenvalue weighted by atomic mass is 9.88. The van der Waals surface area contributed by atoms with E-state index in [1.165, 1.54) is 25.7 Å². The average Bonchev–Trinajstić information content (AvgIpc) is 2.73. The van der Waals surface area contributed by atoms with Gasteiger partial charge in [0.1, 0.15) is 5.82 Å². The van der Waals surface area contributed by atoms with E-state index in [9.17, 15) is 0 Å². The van der Waals surface area contributed by atoms with Gasteiger partial charge in [-0.15, -0.1) is 0 Å². The number of aromatic nitrogens is 2. The Balaban J connectivity index is 2.31. The maximum absolute atomic E-state index is 5.62. The van der Waals surface area contributed by atoms with Crippen LogP contribution in [0.5, 0.6) is 0 Å². The van der Waals surface area contributed by atoms with Crippen molar-refractivity contribution in [1.29, 1.82) is 0 Å². The summed E-state index contributed by atoms with van der Waals surface area (Å²) in [7, 11) is 0. The molecule has 1 aromatic rings. The van der Waals surface area contributed by atoms with Gasteiger partial charge >= 0.3 is 0 Å². The molecule has 0 atom stereocenters. The quantitative estimate of drug-likeness (QED) is 0.755. The van der Waals surface area contributed by atoms with E-state index in [2.05, 4.69) is 23.8 Å². The standard InChI is InChI=1S/C11H19N3/c1-8-9(7-12)14-10(13-8)11(2)5-3-4-6-11/h3-7,12H2,1-2H3,(H,13,14). The van der Waals surface area contributed by atoms with Crippen molar-refractivity contribution in [1.82, 2.24) is 9.97 Å².